The van der Waals surface area contributed by atoms with Gasteiger partial charge >= 0.3 is 0 Å². The Kier molecular flexibility index (Phi) is 4.64. The van der Waals surface area contributed by atoms with Crippen molar-refractivity contribution in [3.8, 4) is 22.5 Å². The fraction of sp³-hybridized carbons (Fsp3) is 0. The standard InChI is InChI=1S/C39H23NO/c1-2-11-27-22-28(17-16-24(27)8-1)39-32-19-21-36-38(37-30-14-6-4-10-26(30)18-20-35(37)41-36)33(32)23-34(40-39)31-15-7-12-25-9-3-5-13-29(25)31/h1-23H. The number of hydrogen-bond donors (Lipinski definition) is 0. The van der Waals surface area contributed by atoms with Crippen LogP contribution in [0.5, 0.6) is 0 Å². The van der Waals surface area contributed by atoms with Gasteiger partial charge in [0.2, 0.25) is 0 Å². The van der Waals surface area contributed by atoms with E-state index in [1.807, 2.05) is 0 Å². The van der Waals surface area contributed by atoms with Gasteiger partial charge < -0.3 is 4.42 Å². The van der Waals surface area contributed by atoms with Crippen LogP contribution in [-0.2, 0) is 0 Å². The highest BCUT2D eigenvalue weighted by atomic mass is 16.3. The highest BCUT2D eigenvalue weighted by Crippen LogP contribution is 2.42. The second kappa shape index (κ2) is 8.51. The topological polar surface area (TPSA) is 26.0 Å². The van der Waals surface area contributed by atoms with Gasteiger partial charge in [-0.2, -0.15) is 0 Å². The SMILES string of the molecule is c1ccc2cc(-c3nc(-c4cccc5ccccc45)cc4c3ccc3oc5ccc6ccccc6c5c34)ccc2c1. The second-order valence-corrected chi connectivity index (χ2v) is 10.7. The van der Waals surface area contributed by atoms with E-state index in [0.29, 0.717) is 0 Å². The van der Waals surface area contributed by atoms with Gasteiger partial charge in [-0.1, -0.05) is 109 Å². The van der Waals surface area contributed by atoms with Gasteiger partial charge in [-0.15, -0.1) is 0 Å². The number of pyridine rings is 1. The zero-order valence-electron chi connectivity index (χ0n) is 22.1. The van der Waals surface area contributed by atoms with E-state index in [4.69, 9.17) is 9.40 Å². The molecule has 0 aliphatic heterocycles. The maximum absolute atomic E-state index is 6.47. The molecule has 2 nitrogen and oxygen atoms in total. The molecule has 0 atom stereocenters. The van der Waals surface area contributed by atoms with E-state index in [1.165, 1.54) is 32.3 Å². The molecular weight excluding hydrogens is 498 g/mol. The van der Waals surface area contributed by atoms with Crippen molar-refractivity contribution in [2.75, 3.05) is 0 Å². The van der Waals surface area contributed by atoms with Gasteiger partial charge in [-0.3, -0.25) is 0 Å². The molecule has 0 N–H and O–H groups in total. The maximum Gasteiger partial charge on any atom is 0.136 e. The monoisotopic (exact) mass is 521 g/mol. The fourth-order valence-electron chi connectivity index (χ4n) is 6.50. The van der Waals surface area contributed by atoms with Crippen LogP contribution < -0.4 is 0 Å². The molecule has 0 unspecified atom stereocenters. The molecule has 0 saturated carbocycles. The summed E-state index contributed by atoms with van der Waals surface area (Å²) in [6, 6.07) is 49.5. The first kappa shape index (κ1) is 22.4. The van der Waals surface area contributed by atoms with E-state index >= 15 is 0 Å². The molecule has 0 aliphatic carbocycles. The third-order valence-corrected chi connectivity index (χ3v) is 8.42. The summed E-state index contributed by atoms with van der Waals surface area (Å²) in [6.45, 7) is 0. The molecule has 2 heterocycles. The molecule has 7 aromatic carbocycles. The summed E-state index contributed by atoms with van der Waals surface area (Å²) in [5, 5.41) is 11.8. The van der Waals surface area contributed by atoms with Crippen molar-refractivity contribution in [1.29, 1.82) is 0 Å². The van der Waals surface area contributed by atoms with E-state index in [1.54, 1.807) is 0 Å². The van der Waals surface area contributed by atoms with Crippen LogP contribution in [0.25, 0.3) is 87.5 Å². The average Bonchev–Trinajstić information content (AvgIpc) is 3.44. The first-order valence-electron chi connectivity index (χ1n) is 14.0. The highest BCUT2D eigenvalue weighted by Gasteiger charge is 2.18. The molecular formula is C39H23NO. The highest BCUT2D eigenvalue weighted by molar-refractivity contribution is 6.27. The predicted molar refractivity (Wildman–Crippen MR) is 172 cm³/mol. The predicted octanol–water partition coefficient (Wildman–Crippen LogP) is 10.9. The van der Waals surface area contributed by atoms with E-state index in [9.17, 15) is 0 Å². The third kappa shape index (κ3) is 3.34. The number of fused-ring (bicyclic) bond motifs is 9. The van der Waals surface area contributed by atoms with Gasteiger partial charge in [0.1, 0.15) is 11.2 Å². The molecule has 9 rings (SSSR count). The van der Waals surface area contributed by atoms with Crippen molar-refractivity contribution in [1.82, 2.24) is 4.98 Å². The molecule has 9 aromatic rings. The van der Waals surface area contributed by atoms with Crippen LogP contribution in [0.4, 0.5) is 0 Å². The van der Waals surface area contributed by atoms with Crippen molar-refractivity contribution < 1.29 is 4.42 Å². The van der Waals surface area contributed by atoms with Crippen LogP contribution in [0.1, 0.15) is 0 Å². The Morgan fingerprint density at radius 3 is 1.90 bits per heavy atom. The summed E-state index contributed by atoms with van der Waals surface area (Å²) < 4.78 is 6.47. The van der Waals surface area contributed by atoms with Gasteiger partial charge in [0.25, 0.3) is 0 Å². The number of benzene rings is 7. The van der Waals surface area contributed by atoms with Crippen LogP contribution in [0.15, 0.2) is 144 Å². The lowest BCUT2D eigenvalue weighted by atomic mass is 9.94. The molecule has 2 aromatic heterocycles. The third-order valence-electron chi connectivity index (χ3n) is 8.42. The van der Waals surface area contributed by atoms with E-state index in [2.05, 4.69) is 140 Å². The molecule has 0 fully saturated rings. The lowest BCUT2D eigenvalue weighted by Gasteiger charge is -2.13. The Morgan fingerprint density at radius 1 is 0.415 bits per heavy atom. The van der Waals surface area contributed by atoms with Crippen LogP contribution in [0.3, 0.4) is 0 Å². The molecule has 0 aliphatic rings. The average molecular weight is 522 g/mol. The van der Waals surface area contributed by atoms with E-state index in [0.717, 1.165) is 55.2 Å². The Labute approximate surface area is 236 Å². The van der Waals surface area contributed by atoms with Crippen LogP contribution >= 0.6 is 0 Å². The first-order valence-corrected chi connectivity index (χ1v) is 14.0. The summed E-state index contributed by atoms with van der Waals surface area (Å²) >= 11 is 0. The molecule has 41 heavy (non-hydrogen) atoms. The lowest BCUT2D eigenvalue weighted by Crippen LogP contribution is -1.93. The van der Waals surface area contributed by atoms with Crippen molar-refractivity contribution >= 4 is 65.0 Å². The van der Waals surface area contributed by atoms with Gasteiger partial charge in [-0.25, -0.2) is 4.98 Å². The normalized spacial score (nSPS) is 11.9. The van der Waals surface area contributed by atoms with Crippen molar-refractivity contribution in [2.24, 2.45) is 0 Å². The molecule has 0 saturated heterocycles. The molecule has 0 amide bonds. The van der Waals surface area contributed by atoms with Gasteiger partial charge in [0.15, 0.2) is 0 Å². The number of aromatic nitrogens is 1. The maximum atomic E-state index is 6.47. The summed E-state index contributed by atoms with van der Waals surface area (Å²) in [4.78, 5) is 5.40. The van der Waals surface area contributed by atoms with Crippen LogP contribution in [-0.4, -0.2) is 4.98 Å². The van der Waals surface area contributed by atoms with Crippen LogP contribution in [0.2, 0.25) is 0 Å². The quantitative estimate of drug-likeness (QED) is 0.226. The Balaban J connectivity index is 1.46. The van der Waals surface area contributed by atoms with Gasteiger partial charge in [0, 0.05) is 27.3 Å². The summed E-state index contributed by atoms with van der Waals surface area (Å²) in [7, 11) is 0. The summed E-state index contributed by atoms with van der Waals surface area (Å²) in [6.07, 6.45) is 0. The number of nitrogens with zero attached hydrogens (tertiary/aromatic N) is 1. The lowest BCUT2D eigenvalue weighted by molar-refractivity contribution is 0.669. The second-order valence-electron chi connectivity index (χ2n) is 10.7. The summed E-state index contributed by atoms with van der Waals surface area (Å²) in [5.41, 5.74) is 5.96. The Hall–Kier alpha value is -5.47. The van der Waals surface area contributed by atoms with Gasteiger partial charge in [-0.05, 0) is 68.0 Å². The Morgan fingerprint density at radius 2 is 1.05 bits per heavy atom. The minimum Gasteiger partial charge on any atom is -0.456 e. The Bertz CT molecular complexity index is 2480. The van der Waals surface area contributed by atoms with E-state index < -0.39 is 0 Å². The van der Waals surface area contributed by atoms with E-state index in [-0.39, 0.29) is 0 Å². The molecule has 0 radical (unpaired) electrons. The van der Waals surface area contributed by atoms with Crippen molar-refractivity contribution in [3.05, 3.63) is 140 Å². The zero-order valence-corrected chi connectivity index (χ0v) is 22.1. The first-order chi connectivity index (χ1) is 20.3. The van der Waals surface area contributed by atoms with Crippen LogP contribution in [0, 0.1) is 0 Å². The van der Waals surface area contributed by atoms with Crippen molar-refractivity contribution in [3.63, 3.8) is 0 Å². The molecule has 0 spiro atoms. The minimum absolute atomic E-state index is 0.892. The van der Waals surface area contributed by atoms with Gasteiger partial charge in [0.05, 0.1) is 11.4 Å². The molecule has 0 bridgehead atoms. The number of hydrogen-bond acceptors (Lipinski definition) is 2. The smallest absolute Gasteiger partial charge is 0.136 e. The zero-order chi connectivity index (χ0) is 26.9. The molecule has 190 valence electrons. The summed E-state index contributed by atoms with van der Waals surface area (Å²) in [5.74, 6) is 0. The van der Waals surface area contributed by atoms with Crippen molar-refractivity contribution in [2.45, 2.75) is 0 Å². The number of rotatable bonds is 2. The molecule has 2 heteroatoms. The largest absolute Gasteiger partial charge is 0.456 e. The minimum atomic E-state index is 0.892. The number of furan rings is 1. The fourth-order valence-corrected chi connectivity index (χ4v) is 6.50.